The Kier molecular flexibility index (Phi) is 4.58. The van der Waals surface area contributed by atoms with Crippen LogP contribution < -0.4 is 5.73 Å². The summed E-state index contributed by atoms with van der Waals surface area (Å²) >= 11 is 0. The molecule has 2 heterocycles. The molecule has 0 unspecified atom stereocenters. The lowest BCUT2D eigenvalue weighted by atomic mass is 9.95. The van der Waals surface area contributed by atoms with Crippen molar-refractivity contribution >= 4 is 11.9 Å². The van der Waals surface area contributed by atoms with Gasteiger partial charge in [0, 0.05) is 18.6 Å². The van der Waals surface area contributed by atoms with Crippen LogP contribution in [0.15, 0.2) is 0 Å². The largest absolute Gasteiger partial charge is 0.458 e. The van der Waals surface area contributed by atoms with E-state index in [2.05, 4.69) is 0 Å². The van der Waals surface area contributed by atoms with Gasteiger partial charge in [-0.3, -0.25) is 4.79 Å². The highest BCUT2D eigenvalue weighted by Crippen LogP contribution is 2.34. The molecule has 21 heavy (non-hydrogen) atoms. The van der Waals surface area contributed by atoms with Crippen LogP contribution in [0.4, 0.5) is 0 Å². The molecule has 0 radical (unpaired) electrons. The second kappa shape index (κ2) is 5.93. The topological polar surface area (TPSA) is 92.9 Å². The Labute approximate surface area is 125 Å². The summed E-state index contributed by atoms with van der Waals surface area (Å²) in [5.41, 5.74) is 5.41. The van der Waals surface area contributed by atoms with Crippen LogP contribution in [0, 0.1) is 5.92 Å². The number of fused-ring (bicyclic) bond motifs is 1. The molecule has 0 aromatic rings. The quantitative estimate of drug-likeness (QED) is 0.721. The molecule has 3 N–H and O–H groups in total. The second-order valence-electron chi connectivity index (χ2n) is 7.07. The molecular formula is C15H26N2O4. The van der Waals surface area contributed by atoms with Crippen LogP contribution in [0.25, 0.3) is 0 Å². The van der Waals surface area contributed by atoms with Gasteiger partial charge in [-0.15, -0.1) is 0 Å². The van der Waals surface area contributed by atoms with Crippen molar-refractivity contribution in [1.29, 1.82) is 0 Å². The van der Waals surface area contributed by atoms with Crippen molar-refractivity contribution in [2.45, 2.75) is 70.2 Å². The van der Waals surface area contributed by atoms with Gasteiger partial charge in [0.05, 0.1) is 6.04 Å². The molecule has 2 rings (SSSR count). The van der Waals surface area contributed by atoms with E-state index in [1.807, 2.05) is 20.8 Å². The first-order valence-electron chi connectivity index (χ1n) is 7.66. The van der Waals surface area contributed by atoms with Crippen LogP contribution >= 0.6 is 0 Å². The van der Waals surface area contributed by atoms with Gasteiger partial charge in [-0.1, -0.05) is 0 Å². The highest BCUT2D eigenvalue weighted by molar-refractivity contribution is 5.89. The number of hydrogen-bond donors (Lipinski definition) is 2. The highest BCUT2D eigenvalue weighted by Gasteiger charge is 2.46. The first kappa shape index (κ1) is 16.2. The molecule has 2 aliphatic rings. The maximum atomic E-state index is 12.6. The molecule has 2 aliphatic heterocycles. The minimum Gasteiger partial charge on any atom is -0.458 e. The smallest absolute Gasteiger partial charge is 0.329 e. The van der Waals surface area contributed by atoms with Gasteiger partial charge in [-0.2, -0.15) is 0 Å². The van der Waals surface area contributed by atoms with Gasteiger partial charge in [-0.25, -0.2) is 4.79 Å². The molecule has 2 fully saturated rings. The summed E-state index contributed by atoms with van der Waals surface area (Å²) in [6, 6.07) is -1.23. The number of carbonyl (C=O) groups is 2. The number of nitrogens with zero attached hydrogens (tertiary/aromatic N) is 1. The van der Waals surface area contributed by atoms with Crippen molar-refractivity contribution in [3.05, 3.63) is 0 Å². The van der Waals surface area contributed by atoms with E-state index in [1.165, 1.54) is 0 Å². The molecule has 0 aromatic heterocycles. The molecule has 0 bridgehead atoms. The Balaban J connectivity index is 2.17. The fourth-order valence-corrected chi connectivity index (χ4v) is 3.27. The molecule has 1 amide bonds. The Hall–Kier alpha value is -1.14. The number of amides is 1. The number of aliphatic hydroxyl groups excluding tert-OH is 1. The molecule has 0 aromatic carbocycles. The van der Waals surface area contributed by atoms with E-state index in [1.54, 1.807) is 4.90 Å². The number of carbonyl (C=O) groups excluding carboxylic acids is 2. The Morgan fingerprint density at radius 1 is 1.33 bits per heavy atom. The Morgan fingerprint density at radius 3 is 2.52 bits per heavy atom. The lowest BCUT2D eigenvalue weighted by molar-refractivity contribution is -0.164. The zero-order valence-corrected chi connectivity index (χ0v) is 13.0. The third-order valence-corrected chi connectivity index (χ3v) is 4.33. The monoisotopic (exact) mass is 298 g/mol. The van der Waals surface area contributed by atoms with Crippen LogP contribution in [-0.4, -0.2) is 52.2 Å². The molecule has 120 valence electrons. The number of ether oxygens (including phenoxy) is 1. The first-order valence-corrected chi connectivity index (χ1v) is 7.66. The average molecular weight is 298 g/mol. The predicted molar refractivity (Wildman–Crippen MR) is 77.3 cm³/mol. The molecule has 0 saturated carbocycles. The minimum atomic E-state index is -0.733. The van der Waals surface area contributed by atoms with Gasteiger partial charge in [0.25, 0.3) is 0 Å². The van der Waals surface area contributed by atoms with Crippen molar-refractivity contribution in [2.75, 3.05) is 6.61 Å². The Bertz CT molecular complexity index is 418. The predicted octanol–water partition coefficient (Wildman–Crippen LogP) is 0.417. The minimum absolute atomic E-state index is 0.0395. The van der Waals surface area contributed by atoms with Gasteiger partial charge in [0.15, 0.2) is 0 Å². The maximum absolute atomic E-state index is 12.6. The van der Waals surface area contributed by atoms with Crippen molar-refractivity contribution < 1.29 is 19.4 Å². The molecule has 6 nitrogen and oxygen atoms in total. The number of aliphatic hydroxyl groups is 1. The summed E-state index contributed by atoms with van der Waals surface area (Å²) in [5.74, 6) is -0.805. The fourth-order valence-electron chi connectivity index (χ4n) is 3.27. The maximum Gasteiger partial charge on any atom is 0.329 e. The third-order valence-electron chi connectivity index (χ3n) is 4.33. The average Bonchev–Trinajstić information content (AvgIpc) is 2.75. The SMILES string of the molecule is CC(C)(C)OC(=O)[C@H]1CC[C@@H]2CC[C@H](CO)[C@H](N)C(=O)N21. The van der Waals surface area contributed by atoms with E-state index in [0.717, 1.165) is 12.8 Å². The molecule has 2 saturated heterocycles. The van der Waals surface area contributed by atoms with Crippen LogP contribution in [0.3, 0.4) is 0 Å². The highest BCUT2D eigenvalue weighted by atomic mass is 16.6. The van der Waals surface area contributed by atoms with Gasteiger partial charge in [-0.05, 0) is 46.5 Å². The third kappa shape index (κ3) is 3.37. The van der Waals surface area contributed by atoms with Gasteiger partial charge in [0.2, 0.25) is 5.91 Å². The van der Waals surface area contributed by atoms with E-state index in [0.29, 0.717) is 12.8 Å². The normalized spacial score (nSPS) is 33.6. The molecule has 0 spiro atoms. The number of rotatable bonds is 2. The number of hydrogen-bond acceptors (Lipinski definition) is 5. The zero-order valence-electron chi connectivity index (χ0n) is 13.0. The van der Waals surface area contributed by atoms with Gasteiger partial charge in [0.1, 0.15) is 11.6 Å². The van der Waals surface area contributed by atoms with Crippen LogP contribution in [-0.2, 0) is 14.3 Å². The number of esters is 1. The van der Waals surface area contributed by atoms with Crippen LogP contribution in [0.5, 0.6) is 0 Å². The van der Waals surface area contributed by atoms with Crippen molar-refractivity contribution in [1.82, 2.24) is 4.90 Å². The lowest BCUT2D eigenvalue weighted by Gasteiger charge is -2.31. The molecule has 6 heteroatoms. The summed E-state index contributed by atoms with van der Waals surface area (Å²) < 4.78 is 5.43. The first-order chi connectivity index (χ1) is 9.74. The molecular weight excluding hydrogens is 272 g/mol. The van der Waals surface area contributed by atoms with E-state index >= 15 is 0 Å². The lowest BCUT2D eigenvalue weighted by Crippen LogP contribution is -2.53. The van der Waals surface area contributed by atoms with Crippen molar-refractivity contribution in [3.63, 3.8) is 0 Å². The van der Waals surface area contributed by atoms with E-state index in [9.17, 15) is 14.7 Å². The van der Waals surface area contributed by atoms with Crippen molar-refractivity contribution in [3.8, 4) is 0 Å². The van der Waals surface area contributed by atoms with E-state index in [4.69, 9.17) is 10.5 Å². The molecule has 4 atom stereocenters. The standard InChI is InChI=1S/C15H26N2O4/c1-15(2,3)21-14(20)11-7-6-10-5-4-9(8-18)12(16)13(19)17(10)11/h9-12,18H,4-8,16H2,1-3H3/t9-,10+,11-,12+/m1/s1. The van der Waals surface area contributed by atoms with E-state index in [-0.39, 0.29) is 30.4 Å². The van der Waals surface area contributed by atoms with E-state index < -0.39 is 17.7 Å². The van der Waals surface area contributed by atoms with Gasteiger partial charge >= 0.3 is 5.97 Å². The fraction of sp³-hybridized carbons (Fsp3) is 0.867. The second-order valence-corrected chi connectivity index (χ2v) is 7.07. The van der Waals surface area contributed by atoms with Crippen LogP contribution in [0.2, 0.25) is 0 Å². The Morgan fingerprint density at radius 2 is 1.95 bits per heavy atom. The molecule has 0 aliphatic carbocycles. The summed E-state index contributed by atoms with van der Waals surface area (Å²) in [6.45, 7) is 5.35. The van der Waals surface area contributed by atoms with Crippen molar-refractivity contribution in [2.24, 2.45) is 11.7 Å². The summed E-state index contributed by atoms with van der Waals surface area (Å²) in [5, 5.41) is 9.35. The van der Waals surface area contributed by atoms with Crippen LogP contribution in [0.1, 0.15) is 46.5 Å². The summed E-state index contributed by atoms with van der Waals surface area (Å²) in [4.78, 5) is 26.5. The number of nitrogens with two attached hydrogens (primary N) is 1. The summed E-state index contributed by atoms with van der Waals surface area (Å²) in [7, 11) is 0. The summed E-state index contributed by atoms with van der Waals surface area (Å²) in [6.07, 6.45) is 2.91. The van der Waals surface area contributed by atoms with Gasteiger partial charge < -0.3 is 20.5 Å². The zero-order chi connectivity index (χ0) is 15.8.